The van der Waals surface area contributed by atoms with E-state index in [0.29, 0.717) is 34.9 Å². The minimum absolute atomic E-state index is 0.605. The summed E-state index contributed by atoms with van der Waals surface area (Å²) in [5.74, 6) is 3.77. The van der Waals surface area contributed by atoms with Crippen molar-refractivity contribution in [2.45, 2.75) is 0 Å². The van der Waals surface area contributed by atoms with Gasteiger partial charge < -0.3 is 4.42 Å². The van der Waals surface area contributed by atoms with Crippen LogP contribution in [0.15, 0.2) is 393 Å². The first-order valence-electron chi connectivity index (χ1n) is 39.4. The highest BCUT2D eigenvalue weighted by Gasteiger charge is 2.25. The zero-order chi connectivity index (χ0) is 77.0. The molecule has 0 N–H and O–H groups in total. The Kier molecular flexibility index (Phi) is 16.2. The third-order valence-corrected chi connectivity index (χ3v) is 25.3. The predicted molar refractivity (Wildman–Crippen MR) is 492 cm³/mol. The van der Waals surface area contributed by atoms with Gasteiger partial charge >= 0.3 is 0 Å². The molecule has 0 aliphatic heterocycles. The second-order valence-electron chi connectivity index (χ2n) is 29.8. The second kappa shape index (κ2) is 28.0. The van der Waals surface area contributed by atoms with Crippen molar-refractivity contribution in [1.82, 2.24) is 29.9 Å². The van der Waals surface area contributed by atoms with Gasteiger partial charge in [-0.2, -0.15) is 0 Å². The summed E-state index contributed by atoms with van der Waals surface area (Å²) in [7, 11) is 0. The Morgan fingerprint density at radius 2 is 0.444 bits per heavy atom. The molecule has 9 heteroatoms. The van der Waals surface area contributed by atoms with Gasteiger partial charge in [-0.15, -0.1) is 22.7 Å². The molecule has 5 heterocycles. The number of hydrogen-bond donors (Lipinski definition) is 0. The Morgan fingerprint density at radius 1 is 0.154 bits per heavy atom. The molecule has 0 amide bonds. The van der Waals surface area contributed by atoms with Crippen molar-refractivity contribution in [2.24, 2.45) is 0 Å². The fourth-order valence-corrected chi connectivity index (χ4v) is 19.8. The monoisotopic (exact) mass is 1520 g/mol. The third-order valence-electron chi connectivity index (χ3n) is 23.0. The minimum Gasteiger partial charge on any atom is -0.456 e. The van der Waals surface area contributed by atoms with Gasteiger partial charge in [-0.3, -0.25) is 0 Å². The Labute approximate surface area is 680 Å². The molecule has 24 rings (SSSR count). The van der Waals surface area contributed by atoms with Crippen molar-refractivity contribution in [3.05, 3.63) is 388 Å². The number of fused-ring (bicyclic) bond motifs is 21. The molecule has 0 atom stereocenters. The number of aromatic nitrogens is 6. The summed E-state index contributed by atoms with van der Waals surface area (Å²) in [6, 6.07) is 138. The highest BCUT2D eigenvalue weighted by molar-refractivity contribution is 7.26. The van der Waals surface area contributed by atoms with E-state index in [1.807, 2.05) is 83.3 Å². The first-order valence-corrected chi connectivity index (χ1v) is 41.0. The highest BCUT2D eigenvalue weighted by atomic mass is 32.1. The van der Waals surface area contributed by atoms with Crippen molar-refractivity contribution in [1.29, 1.82) is 0 Å². The van der Waals surface area contributed by atoms with E-state index in [-0.39, 0.29) is 0 Å². The molecule has 24 aromatic rings. The van der Waals surface area contributed by atoms with E-state index in [1.165, 1.54) is 105 Å². The van der Waals surface area contributed by atoms with Crippen LogP contribution in [0.25, 0.3) is 240 Å². The second-order valence-corrected chi connectivity index (χ2v) is 32.0. The molecule has 7 nitrogen and oxygen atoms in total. The van der Waals surface area contributed by atoms with Crippen molar-refractivity contribution >= 4 is 150 Å². The van der Waals surface area contributed by atoms with Crippen molar-refractivity contribution in [2.75, 3.05) is 0 Å². The lowest BCUT2D eigenvalue weighted by Gasteiger charge is -2.14. The molecule has 19 aromatic carbocycles. The zero-order valence-electron chi connectivity index (χ0n) is 62.9. The molecule has 0 saturated carbocycles. The molecule has 0 spiro atoms. The lowest BCUT2D eigenvalue weighted by Crippen LogP contribution is -2.01. The fourth-order valence-electron chi connectivity index (χ4n) is 17.5. The maximum atomic E-state index is 6.32. The first-order chi connectivity index (χ1) is 58.0. The number of rotatable bonds is 10. The van der Waals surface area contributed by atoms with Gasteiger partial charge in [0.1, 0.15) is 11.2 Å². The topological polar surface area (TPSA) is 90.5 Å². The van der Waals surface area contributed by atoms with Gasteiger partial charge in [0.25, 0.3) is 0 Å². The van der Waals surface area contributed by atoms with Gasteiger partial charge in [-0.1, -0.05) is 328 Å². The first kappa shape index (κ1) is 67.7. The van der Waals surface area contributed by atoms with Gasteiger partial charge in [-0.05, 0) is 170 Å². The minimum atomic E-state index is 0.605. The molecule has 0 aliphatic rings. The lowest BCUT2D eigenvalue weighted by atomic mass is 9.91. The largest absolute Gasteiger partial charge is 0.456 e. The van der Waals surface area contributed by atoms with Crippen molar-refractivity contribution in [3.8, 4) is 113 Å². The average Bonchev–Trinajstić information content (AvgIpc) is 1.73. The molecule has 0 saturated heterocycles. The average molecular weight is 1530 g/mol. The van der Waals surface area contributed by atoms with E-state index < -0.39 is 0 Å². The van der Waals surface area contributed by atoms with Crippen LogP contribution in [0, 0.1) is 0 Å². The Balaban J connectivity index is 0.000000138. The van der Waals surface area contributed by atoms with Crippen LogP contribution in [0.4, 0.5) is 0 Å². The lowest BCUT2D eigenvalue weighted by molar-refractivity contribution is 0.669. The maximum Gasteiger partial charge on any atom is 0.164 e. The van der Waals surface area contributed by atoms with Gasteiger partial charge in [0.15, 0.2) is 34.9 Å². The molecule has 0 radical (unpaired) electrons. The van der Waals surface area contributed by atoms with Crippen LogP contribution in [0.5, 0.6) is 0 Å². The smallest absolute Gasteiger partial charge is 0.164 e. The quantitative estimate of drug-likeness (QED) is 0.126. The molecule has 117 heavy (non-hydrogen) atoms. The Morgan fingerprint density at radius 3 is 0.872 bits per heavy atom. The molecule has 5 aromatic heterocycles. The van der Waals surface area contributed by atoms with Crippen molar-refractivity contribution < 1.29 is 4.42 Å². The molecular formula is C108H64N6OS2. The number of hydrogen-bond acceptors (Lipinski definition) is 9. The van der Waals surface area contributed by atoms with E-state index >= 15 is 0 Å². The van der Waals surface area contributed by atoms with Gasteiger partial charge in [0.2, 0.25) is 0 Å². The van der Waals surface area contributed by atoms with Crippen LogP contribution in [-0.4, -0.2) is 29.9 Å². The van der Waals surface area contributed by atoms with E-state index in [4.69, 9.17) is 34.3 Å². The molecule has 0 unspecified atom stereocenters. The molecule has 0 aliphatic carbocycles. The fraction of sp³-hybridized carbons (Fsp3) is 0. The summed E-state index contributed by atoms with van der Waals surface area (Å²) in [6.45, 7) is 0. The van der Waals surface area contributed by atoms with Gasteiger partial charge in [-0.25, -0.2) is 29.9 Å². The molecule has 0 bridgehead atoms. The standard InChI is InChI=1S/C57H35N3S.C51H29N3OS/c1-3-13-36(14-4-1)38-23-27-40(28-24-38)55-58-56(41-29-25-39(26-30-41)37-15-5-2-6-16-37)60-57(59-55)51-34-43(35-53-54(51)49-21-11-12-22-52(49)61-53)42-31-32-48-46-19-8-7-17-44(46)45-18-9-10-20-47(45)50(48)33-42;1-2-13-30(14-3-1)49-52-50(40-21-12-23-44-47(40)38-19-8-10-22-43(38)55-44)54-51(53-49)42-28-32(29-46-48(42)39-20-9-11-24-45(39)56-46)31-25-26-37-35-17-5-4-15-33(35)34-16-6-7-18-36(34)41(37)27-31/h1-35H;1-29H. The highest BCUT2D eigenvalue weighted by Crippen LogP contribution is 2.48. The Hall–Kier alpha value is -15.0. The van der Waals surface area contributed by atoms with Crippen LogP contribution in [0.3, 0.4) is 0 Å². The third kappa shape index (κ3) is 11.8. The summed E-state index contributed by atoms with van der Waals surface area (Å²) >= 11 is 3.63. The predicted octanol–water partition coefficient (Wildman–Crippen LogP) is 30.0. The van der Waals surface area contributed by atoms with Crippen LogP contribution in [0.2, 0.25) is 0 Å². The molecule has 544 valence electrons. The van der Waals surface area contributed by atoms with Gasteiger partial charge in [0.05, 0.1) is 0 Å². The summed E-state index contributed by atoms with van der Waals surface area (Å²) < 4.78 is 11.2. The summed E-state index contributed by atoms with van der Waals surface area (Å²) in [6.07, 6.45) is 0. The molecular weight excluding hydrogens is 1460 g/mol. The summed E-state index contributed by atoms with van der Waals surface area (Å²) in [5.41, 5.74) is 16.5. The van der Waals surface area contributed by atoms with Gasteiger partial charge in [0, 0.05) is 84.5 Å². The van der Waals surface area contributed by atoms with E-state index in [0.717, 1.165) is 99.5 Å². The summed E-state index contributed by atoms with van der Waals surface area (Å²) in [5, 5.41) is 21.8. The number of nitrogens with zero attached hydrogens (tertiary/aromatic N) is 6. The number of thiophene rings is 2. The SMILES string of the molecule is c1ccc(-c2ccc(-c3nc(-c4ccc(-c5ccccc5)cc4)nc(-c4cc(-c5ccc6c7ccccc7c7ccccc7c6c5)cc5sc6ccccc6c45)n3)cc2)cc1.c1ccc(-c2nc(-c3cccc4oc5ccccc5c34)nc(-c3cc(-c4ccc5c6ccccc6c6ccccc6c5c4)cc4sc5ccccc5c34)n2)cc1. The molecule has 0 fully saturated rings. The Bertz CT molecular complexity index is 7950. The van der Waals surface area contributed by atoms with Crippen LogP contribution in [0.1, 0.15) is 0 Å². The van der Waals surface area contributed by atoms with Crippen LogP contribution < -0.4 is 0 Å². The normalized spacial score (nSPS) is 11.8. The number of para-hydroxylation sites is 1. The zero-order valence-corrected chi connectivity index (χ0v) is 64.5. The summed E-state index contributed by atoms with van der Waals surface area (Å²) in [4.78, 5) is 31.7. The van der Waals surface area contributed by atoms with Crippen molar-refractivity contribution in [3.63, 3.8) is 0 Å². The number of benzene rings is 19. The van der Waals surface area contributed by atoms with E-state index in [9.17, 15) is 0 Å². The number of furan rings is 1. The van der Waals surface area contributed by atoms with Crippen LogP contribution in [-0.2, 0) is 0 Å². The van der Waals surface area contributed by atoms with Crippen LogP contribution >= 0.6 is 22.7 Å². The maximum absolute atomic E-state index is 6.32. The van der Waals surface area contributed by atoms with E-state index in [2.05, 4.69) is 328 Å². The van der Waals surface area contributed by atoms with E-state index in [1.54, 1.807) is 0 Å².